The van der Waals surface area contributed by atoms with Gasteiger partial charge in [-0.25, -0.2) is 19.0 Å². The molecule has 6 heteroatoms. The molecule has 0 saturated heterocycles. The topological polar surface area (TPSA) is 60.4 Å². The van der Waals surface area contributed by atoms with E-state index in [-0.39, 0.29) is 0 Å². The second kappa shape index (κ2) is 3.36. The summed E-state index contributed by atoms with van der Waals surface area (Å²) in [4.78, 5) is 8.35. The fourth-order valence-electron chi connectivity index (χ4n) is 1.93. The molecule has 18 heavy (non-hydrogen) atoms. The van der Waals surface area contributed by atoms with Gasteiger partial charge in [0.05, 0.1) is 17.4 Å². The number of fused-ring (bicyclic) bond motifs is 2. The van der Waals surface area contributed by atoms with E-state index < -0.39 is 0 Å². The van der Waals surface area contributed by atoms with Crippen LogP contribution in [0.2, 0.25) is 0 Å². The average molecular weight is 236 g/mol. The van der Waals surface area contributed by atoms with E-state index in [1.165, 1.54) is 0 Å². The molecule has 0 fully saturated rings. The van der Waals surface area contributed by atoms with E-state index in [4.69, 9.17) is 0 Å². The van der Waals surface area contributed by atoms with E-state index in [1.807, 2.05) is 24.4 Å². The minimum absolute atomic E-state index is 0.823. The third-order valence-electron chi connectivity index (χ3n) is 2.81. The summed E-state index contributed by atoms with van der Waals surface area (Å²) in [5.74, 6) is 0. The molecule has 0 saturated carbocycles. The summed E-state index contributed by atoms with van der Waals surface area (Å²) in [6.07, 6.45) is 8.86. The lowest BCUT2D eigenvalue weighted by Crippen LogP contribution is -1.92. The molecule has 0 bridgehead atoms. The zero-order valence-corrected chi connectivity index (χ0v) is 9.30. The summed E-state index contributed by atoms with van der Waals surface area (Å²) in [6.45, 7) is 0. The monoisotopic (exact) mass is 236 g/mol. The van der Waals surface area contributed by atoms with Crippen LogP contribution in [-0.2, 0) is 0 Å². The number of hydrogen-bond acceptors (Lipinski definition) is 4. The highest BCUT2D eigenvalue weighted by Crippen LogP contribution is 2.18. The van der Waals surface area contributed by atoms with Crippen LogP contribution in [0.15, 0.2) is 49.3 Å². The second-order valence-electron chi connectivity index (χ2n) is 3.96. The first-order valence-electron chi connectivity index (χ1n) is 5.49. The predicted molar refractivity (Wildman–Crippen MR) is 65.0 cm³/mol. The maximum absolute atomic E-state index is 4.45. The molecule has 0 aliphatic carbocycles. The van der Waals surface area contributed by atoms with Crippen molar-refractivity contribution < 1.29 is 0 Å². The molecule has 0 aliphatic rings. The molecule has 4 aromatic rings. The molecule has 86 valence electrons. The summed E-state index contributed by atoms with van der Waals surface area (Å²) in [5, 5.41) is 8.61. The normalized spacial score (nSPS) is 11.3. The molecule has 4 aromatic heterocycles. The summed E-state index contributed by atoms with van der Waals surface area (Å²) >= 11 is 0. The quantitative estimate of drug-likeness (QED) is 0.501. The smallest absolute Gasteiger partial charge is 0.154 e. The Balaban J connectivity index is 1.94. The Bertz CT molecular complexity index is 811. The highest BCUT2D eigenvalue weighted by atomic mass is 15.3. The predicted octanol–water partition coefficient (Wildman–Crippen LogP) is 1.44. The Morgan fingerprint density at radius 2 is 2.06 bits per heavy atom. The summed E-state index contributed by atoms with van der Waals surface area (Å²) in [7, 11) is 0. The lowest BCUT2D eigenvalue weighted by molar-refractivity contribution is 0.915. The Kier molecular flexibility index (Phi) is 1.74. The largest absolute Gasteiger partial charge is 0.245 e. The van der Waals surface area contributed by atoms with E-state index >= 15 is 0 Å². The van der Waals surface area contributed by atoms with Gasteiger partial charge >= 0.3 is 0 Å². The molecule has 6 nitrogen and oxygen atoms in total. The minimum atomic E-state index is 0.823. The van der Waals surface area contributed by atoms with Crippen molar-refractivity contribution in [2.24, 2.45) is 0 Å². The number of aromatic nitrogens is 6. The fraction of sp³-hybridized carbons (Fsp3) is 0. The van der Waals surface area contributed by atoms with Gasteiger partial charge in [0.1, 0.15) is 6.33 Å². The Labute approximate surface area is 102 Å². The third-order valence-corrected chi connectivity index (χ3v) is 2.81. The molecule has 0 unspecified atom stereocenters. The fourth-order valence-corrected chi connectivity index (χ4v) is 1.93. The molecule has 0 N–H and O–H groups in total. The van der Waals surface area contributed by atoms with Crippen LogP contribution in [0.25, 0.3) is 22.4 Å². The van der Waals surface area contributed by atoms with Crippen LogP contribution in [-0.4, -0.2) is 29.2 Å². The van der Waals surface area contributed by atoms with E-state index in [0.29, 0.717) is 0 Å². The lowest BCUT2D eigenvalue weighted by atomic mass is 10.2. The number of rotatable bonds is 1. The SMILES string of the molecule is c1cc2cc(-c3cnc4ccnn4c3)nn2cn1. The molecule has 0 atom stereocenters. The Hall–Kier alpha value is -2.76. The maximum atomic E-state index is 4.45. The van der Waals surface area contributed by atoms with Crippen molar-refractivity contribution in [3.8, 4) is 11.3 Å². The first-order valence-corrected chi connectivity index (χ1v) is 5.49. The van der Waals surface area contributed by atoms with Crippen LogP contribution in [0.4, 0.5) is 0 Å². The van der Waals surface area contributed by atoms with Gasteiger partial charge in [-0.05, 0) is 12.1 Å². The summed E-state index contributed by atoms with van der Waals surface area (Å²) < 4.78 is 3.47. The number of nitrogens with zero attached hydrogens (tertiary/aromatic N) is 6. The van der Waals surface area contributed by atoms with E-state index in [2.05, 4.69) is 20.2 Å². The standard InChI is InChI=1S/C12H8N6/c1-3-13-8-18-10(1)5-11(16-18)9-6-14-12-2-4-15-17(12)7-9/h1-8H. The molecule has 0 spiro atoms. The van der Waals surface area contributed by atoms with Crippen LogP contribution in [0, 0.1) is 0 Å². The average Bonchev–Trinajstić information content (AvgIpc) is 3.04. The third kappa shape index (κ3) is 1.29. The van der Waals surface area contributed by atoms with Gasteiger partial charge in [0.2, 0.25) is 0 Å². The van der Waals surface area contributed by atoms with Crippen LogP contribution >= 0.6 is 0 Å². The van der Waals surface area contributed by atoms with Crippen molar-refractivity contribution in [3.05, 3.63) is 49.3 Å². The molecule has 4 heterocycles. The second-order valence-corrected chi connectivity index (χ2v) is 3.96. The molecule has 4 rings (SSSR count). The van der Waals surface area contributed by atoms with Gasteiger partial charge in [-0.15, -0.1) is 0 Å². The first-order chi connectivity index (χ1) is 8.90. The van der Waals surface area contributed by atoms with Gasteiger partial charge in [-0.3, -0.25) is 0 Å². The van der Waals surface area contributed by atoms with Crippen LogP contribution in [0.5, 0.6) is 0 Å². The van der Waals surface area contributed by atoms with Crippen molar-refractivity contribution in [2.75, 3.05) is 0 Å². The molecule has 0 amide bonds. The van der Waals surface area contributed by atoms with Crippen LogP contribution in [0.1, 0.15) is 0 Å². The highest BCUT2D eigenvalue weighted by Gasteiger charge is 2.06. The van der Waals surface area contributed by atoms with Crippen LogP contribution < -0.4 is 0 Å². The molecule has 0 radical (unpaired) electrons. The van der Waals surface area contributed by atoms with Gasteiger partial charge in [0.25, 0.3) is 0 Å². The van der Waals surface area contributed by atoms with Crippen molar-refractivity contribution in [2.45, 2.75) is 0 Å². The van der Waals surface area contributed by atoms with Crippen molar-refractivity contribution >= 4 is 11.2 Å². The molecule has 0 aliphatic heterocycles. The lowest BCUT2D eigenvalue weighted by Gasteiger charge is -1.96. The van der Waals surface area contributed by atoms with Crippen LogP contribution in [0.3, 0.4) is 0 Å². The molecular formula is C12H8N6. The van der Waals surface area contributed by atoms with Crippen molar-refractivity contribution in [1.29, 1.82) is 0 Å². The van der Waals surface area contributed by atoms with Gasteiger partial charge in [0.15, 0.2) is 5.65 Å². The highest BCUT2D eigenvalue weighted by molar-refractivity contribution is 5.65. The van der Waals surface area contributed by atoms with E-state index in [1.54, 1.807) is 33.9 Å². The van der Waals surface area contributed by atoms with Gasteiger partial charge in [-0.2, -0.15) is 10.2 Å². The van der Waals surface area contributed by atoms with E-state index in [9.17, 15) is 0 Å². The zero-order chi connectivity index (χ0) is 11.9. The minimum Gasteiger partial charge on any atom is -0.245 e. The summed E-state index contributed by atoms with van der Waals surface area (Å²) in [6, 6.07) is 5.77. The molecule has 0 aromatic carbocycles. The van der Waals surface area contributed by atoms with Crippen molar-refractivity contribution in [1.82, 2.24) is 29.2 Å². The first kappa shape index (κ1) is 9.29. The van der Waals surface area contributed by atoms with Gasteiger partial charge in [-0.1, -0.05) is 0 Å². The summed E-state index contributed by atoms with van der Waals surface area (Å²) in [5.41, 5.74) is 3.60. The van der Waals surface area contributed by atoms with Gasteiger partial charge < -0.3 is 0 Å². The molecular weight excluding hydrogens is 228 g/mol. The number of hydrogen-bond donors (Lipinski definition) is 0. The Morgan fingerprint density at radius 1 is 1.06 bits per heavy atom. The van der Waals surface area contributed by atoms with Gasteiger partial charge in [0, 0.05) is 30.2 Å². The van der Waals surface area contributed by atoms with E-state index in [0.717, 1.165) is 22.4 Å². The van der Waals surface area contributed by atoms with Crippen molar-refractivity contribution in [3.63, 3.8) is 0 Å². The maximum Gasteiger partial charge on any atom is 0.154 e. The zero-order valence-electron chi connectivity index (χ0n) is 9.30. The Morgan fingerprint density at radius 3 is 3.00 bits per heavy atom.